The highest BCUT2D eigenvalue weighted by Gasteiger charge is 2.20. The van der Waals surface area contributed by atoms with Crippen molar-refractivity contribution in [3.63, 3.8) is 0 Å². The van der Waals surface area contributed by atoms with Crippen molar-refractivity contribution in [3.05, 3.63) is 35.4 Å². The van der Waals surface area contributed by atoms with E-state index in [0.29, 0.717) is 6.04 Å². The molecule has 1 aromatic rings. The topological polar surface area (TPSA) is 3.24 Å². The molecule has 16 heavy (non-hydrogen) atoms. The Balaban J connectivity index is 2.28. The fraction of sp³-hybridized carbons (Fsp3) is 0.429. The smallest absolute Gasteiger partial charge is 0.0645 e. The Morgan fingerprint density at radius 1 is 1.44 bits per heavy atom. The lowest BCUT2D eigenvalue weighted by atomic mass is 10.0. The fourth-order valence-corrected chi connectivity index (χ4v) is 2.64. The van der Waals surface area contributed by atoms with E-state index in [1.54, 1.807) is 0 Å². The summed E-state index contributed by atoms with van der Waals surface area (Å²) in [5, 5.41) is 0.839. The zero-order chi connectivity index (χ0) is 11.5. The molecule has 1 unspecified atom stereocenters. The van der Waals surface area contributed by atoms with E-state index < -0.39 is 0 Å². The molecule has 0 N–H and O–H groups in total. The summed E-state index contributed by atoms with van der Waals surface area (Å²) in [5.41, 5.74) is 2.25. The number of hydrogen-bond donors (Lipinski definition) is 0. The lowest BCUT2D eigenvalue weighted by Crippen LogP contribution is -2.37. The molecule has 2 heteroatoms. The molecule has 0 saturated carbocycles. The van der Waals surface area contributed by atoms with Crippen molar-refractivity contribution in [2.24, 2.45) is 0 Å². The normalized spacial score (nSPS) is 20.9. The molecule has 1 nitrogen and oxygen atoms in total. The Bertz CT molecular complexity index is 386. The van der Waals surface area contributed by atoms with Crippen molar-refractivity contribution >= 4 is 23.4 Å². The highest BCUT2D eigenvalue weighted by atomic mass is 35.5. The number of nitrogens with zero attached hydrogens (tertiary/aromatic N) is 1. The summed E-state index contributed by atoms with van der Waals surface area (Å²) in [6.45, 7) is 7.15. The number of hydrogen-bond acceptors (Lipinski definition) is 1. The molecule has 2 rings (SSSR count). The summed E-state index contributed by atoms with van der Waals surface area (Å²) in [4.78, 5) is 2.42. The molecule has 0 aromatic heterocycles. The van der Waals surface area contributed by atoms with Gasteiger partial charge in [-0.3, -0.25) is 0 Å². The largest absolute Gasteiger partial charge is 0.368 e. The molecule has 86 valence electrons. The second-order valence-corrected chi connectivity index (χ2v) is 4.86. The Hall–Kier alpha value is -0.950. The van der Waals surface area contributed by atoms with Gasteiger partial charge in [0.15, 0.2) is 0 Å². The van der Waals surface area contributed by atoms with Gasteiger partial charge in [-0.25, -0.2) is 0 Å². The molecule has 1 atom stereocenters. The van der Waals surface area contributed by atoms with Gasteiger partial charge in [0.25, 0.3) is 0 Å². The predicted octanol–water partition coefficient (Wildman–Crippen LogP) is 4.36. The SMILES string of the molecule is C=Cc1ccc(N2CCCCC2C)c(Cl)c1. The minimum absolute atomic E-state index is 0.598. The molecule has 0 aliphatic carbocycles. The van der Waals surface area contributed by atoms with Crippen LogP contribution < -0.4 is 4.90 Å². The number of piperidine rings is 1. The maximum atomic E-state index is 6.32. The summed E-state index contributed by atoms with van der Waals surface area (Å²) in [6.07, 6.45) is 5.69. The van der Waals surface area contributed by atoms with Crippen LogP contribution in [0.25, 0.3) is 6.08 Å². The highest BCUT2D eigenvalue weighted by Crippen LogP contribution is 2.31. The van der Waals surface area contributed by atoms with E-state index in [2.05, 4.69) is 30.5 Å². The van der Waals surface area contributed by atoms with Gasteiger partial charge in [-0.05, 0) is 43.9 Å². The molecule has 1 heterocycles. The second kappa shape index (κ2) is 4.92. The average Bonchev–Trinajstić information content (AvgIpc) is 2.30. The first kappa shape index (κ1) is 11.5. The van der Waals surface area contributed by atoms with Crippen molar-refractivity contribution in [3.8, 4) is 0 Å². The van der Waals surface area contributed by atoms with E-state index in [0.717, 1.165) is 17.1 Å². The van der Waals surface area contributed by atoms with Crippen LogP contribution in [0.15, 0.2) is 24.8 Å². The van der Waals surface area contributed by atoms with Gasteiger partial charge in [-0.1, -0.05) is 30.3 Å². The summed E-state index contributed by atoms with van der Waals surface area (Å²) in [5.74, 6) is 0. The van der Waals surface area contributed by atoms with Crippen molar-refractivity contribution in [1.29, 1.82) is 0 Å². The zero-order valence-corrected chi connectivity index (χ0v) is 10.5. The Kier molecular flexibility index (Phi) is 3.55. The van der Waals surface area contributed by atoms with Gasteiger partial charge < -0.3 is 4.90 Å². The van der Waals surface area contributed by atoms with E-state index in [-0.39, 0.29) is 0 Å². The van der Waals surface area contributed by atoms with E-state index in [1.807, 2.05) is 12.1 Å². The van der Waals surface area contributed by atoms with Crippen molar-refractivity contribution in [2.75, 3.05) is 11.4 Å². The first-order chi connectivity index (χ1) is 7.72. The standard InChI is InChI=1S/C14H18ClN/c1-3-12-7-8-14(13(15)10-12)16-9-5-4-6-11(16)2/h3,7-8,10-11H,1,4-6,9H2,2H3. The number of anilines is 1. The third-order valence-corrected chi connectivity index (χ3v) is 3.62. The predicted molar refractivity (Wildman–Crippen MR) is 72.2 cm³/mol. The van der Waals surface area contributed by atoms with E-state index in [9.17, 15) is 0 Å². The number of halogens is 1. The summed E-state index contributed by atoms with van der Waals surface area (Å²) in [7, 11) is 0. The molecule has 1 aliphatic heterocycles. The molecule has 0 spiro atoms. The van der Waals surface area contributed by atoms with Crippen LogP contribution in [0, 0.1) is 0 Å². The minimum atomic E-state index is 0.598. The monoisotopic (exact) mass is 235 g/mol. The van der Waals surface area contributed by atoms with Gasteiger partial charge in [-0.15, -0.1) is 0 Å². The summed E-state index contributed by atoms with van der Waals surface area (Å²) < 4.78 is 0. The van der Waals surface area contributed by atoms with Gasteiger partial charge in [0, 0.05) is 12.6 Å². The Labute approximate surface area is 103 Å². The van der Waals surface area contributed by atoms with Crippen LogP contribution >= 0.6 is 11.6 Å². The highest BCUT2D eigenvalue weighted by molar-refractivity contribution is 6.33. The molecule has 1 aliphatic rings. The van der Waals surface area contributed by atoms with E-state index in [1.165, 1.54) is 24.9 Å². The molecule has 0 radical (unpaired) electrons. The lowest BCUT2D eigenvalue weighted by Gasteiger charge is -2.36. The average molecular weight is 236 g/mol. The molecule has 0 bridgehead atoms. The van der Waals surface area contributed by atoms with Gasteiger partial charge >= 0.3 is 0 Å². The first-order valence-corrected chi connectivity index (χ1v) is 6.29. The lowest BCUT2D eigenvalue weighted by molar-refractivity contribution is 0.485. The molecule has 1 saturated heterocycles. The van der Waals surface area contributed by atoms with Gasteiger partial charge in [-0.2, -0.15) is 0 Å². The van der Waals surface area contributed by atoms with Gasteiger partial charge in [0.2, 0.25) is 0 Å². The van der Waals surface area contributed by atoms with Crippen LogP contribution in [0.2, 0.25) is 5.02 Å². The van der Waals surface area contributed by atoms with E-state index in [4.69, 9.17) is 11.6 Å². The molecule has 1 fully saturated rings. The van der Waals surface area contributed by atoms with Crippen LogP contribution in [-0.2, 0) is 0 Å². The van der Waals surface area contributed by atoms with Crippen LogP contribution in [0.1, 0.15) is 31.7 Å². The van der Waals surface area contributed by atoms with Crippen molar-refractivity contribution in [1.82, 2.24) is 0 Å². The molecular formula is C14H18ClN. The fourth-order valence-electron chi connectivity index (χ4n) is 2.34. The number of benzene rings is 1. The van der Waals surface area contributed by atoms with Crippen molar-refractivity contribution < 1.29 is 0 Å². The molecular weight excluding hydrogens is 218 g/mol. The Morgan fingerprint density at radius 3 is 2.88 bits per heavy atom. The Morgan fingerprint density at radius 2 is 2.25 bits per heavy atom. The van der Waals surface area contributed by atoms with Crippen LogP contribution in [0.3, 0.4) is 0 Å². The van der Waals surface area contributed by atoms with Gasteiger partial charge in [0.1, 0.15) is 0 Å². The maximum absolute atomic E-state index is 6.32. The third kappa shape index (κ3) is 2.25. The van der Waals surface area contributed by atoms with Gasteiger partial charge in [0.05, 0.1) is 10.7 Å². The quantitative estimate of drug-likeness (QED) is 0.736. The number of rotatable bonds is 2. The second-order valence-electron chi connectivity index (χ2n) is 4.45. The molecule has 0 amide bonds. The molecule has 1 aromatic carbocycles. The van der Waals surface area contributed by atoms with Crippen LogP contribution in [0.4, 0.5) is 5.69 Å². The van der Waals surface area contributed by atoms with Crippen LogP contribution in [-0.4, -0.2) is 12.6 Å². The summed E-state index contributed by atoms with van der Waals surface area (Å²) in [6, 6.07) is 6.78. The minimum Gasteiger partial charge on any atom is -0.368 e. The van der Waals surface area contributed by atoms with Crippen LogP contribution in [0.5, 0.6) is 0 Å². The first-order valence-electron chi connectivity index (χ1n) is 5.91. The zero-order valence-electron chi connectivity index (χ0n) is 9.75. The van der Waals surface area contributed by atoms with Crippen molar-refractivity contribution in [2.45, 2.75) is 32.2 Å². The van der Waals surface area contributed by atoms with E-state index >= 15 is 0 Å². The summed E-state index contributed by atoms with van der Waals surface area (Å²) >= 11 is 6.32. The maximum Gasteiger partial charge on any atom is 0.0645 e. The third-order valence-electron chi connectivity index (χ3n) is 3.32.